The Kier molecular flexibility index (Phi) is 5.84. The van der Waals surface area contributed by atoms with Crippen molar-refractivity contribution in [3.05, 3.63) is 79.9 Å². The Bertz CT molecular complexity index is 700. The first-order chi connectivity index (χ1) is 11.6. The van der Waals surface area contributed by atoms with Crippen molar-refractivity contribution in [3.8, 4) is 0 Å². The highest BCUT2D eigenvalue weighted by atomic mass is 16.6. The molecule has 0 bridgehead atoms. The van der Waals surface area contributed by atoms with Crippen LogP contribution in [-0.2, 0) is 0 Å². The second-order valence-corrected chi connectivity index (χ2v) is 4.77. The third-order valence-corrected chi connectivity index (χ3v) is 3.05. The van der Waals surface area contributed by atoms with Crippen LogP contribution in [0.1, 0.15) is 11.1 Å². The van der Waals surface area contributed by atoms with Crippen LogP contribution in [0, 0.1) is 20.2 Å². The molecule has 0 spiro atoms. The summed E-state index contributed by atoms with van der Waals surface area (Å²) in [5.74, 6) is 0. The highest BCUT2D eigenvalue weighted by Gasteiger charge is 2.03. The molecule has 0 aromatic heterocycles. The molecule has 0 radical (unpaired) electrons. The molecule has 0 atom stereocenters. The zero-order valence-corrected chi connectivity index (χ0v) is 12.6. The summed E-state index contributed by atoms with van der Waals surface area (Å²) in [5, 5.41) is 21.1. The molecule has 0 N–H and O–H groups in total. The van der Waals surface area contributed by atoms with Gasteiger partial charge in [0.15, 0.2) is 0 Å². The SMILES string of the molecule is O=[N+]([O-])c1ccc(/C=N/CC/N=C/c2ccc([N+](=O)[O-])cc2)cc1. The molecule has 0 aliphatic rings. The summed E-state index contributed by atoms with van der Waals surface area (Å²) < 4.78 is 0. The highest BCUT2D eigenvalue weighted by Crippen LogP contribution is 2.11. The van der Waals surface area contributed by atoms with Crippen LogP contribution in [0.4, 0.5) is 11.4 Å². The third kappa shape index (κ3) is 5.09. The largest absolute Gasteiger partial charge is 0.291 e. The molecule has 0 aliphatic heterocycles. The van der Waals surface area contributed by atoms with E-state index in [1.54, 1.807) is 36.7 Å². The molecule has 0 unspecified atom stereocenters. The van der Waals surface area contributed by atoms with E-state index in [1.165, 1.54) is 24.3 Å². The fraction of sp³-hybridized carbons (Fsp3) is 0.125. The van der Waals surface area contributed by atoms with Crippen molar-refractivity contribution in [3.63, 3.8) is 0 Å². The fourth-order valence-corrected chi connectivity index (χ4v) is 1.82. The molecule has 0 fully saturated rings. The molecular formula is C16H14N4O4. The van der Waals surface area contributed by atoms with E-state index in [9.17, 15) is 20.2 Å². The number of nitrogens with zero attached hydrogens (tertiary/aromatic N) is 4. The predicted molar refractivity (Wildman–Crippen MR) is 91.1 cm³/mol. The quantitative estimate of drug-likeness (QED) is 0.337. The lowest BCUT2D eigenvalue weighted by molar-refractivity contribution is -0.385. The first-order valence-corrected chi connectivity index (χ1v) is 7.05. The van der Waals surface area contributed by atoms with E-state index >= 15 is 0 Å². The molecule has 122 valence electrons. The van der Waals surface area contributed by atoms with Gasteiger partial charge in [-0.2, -0.15) is 0 Å². The van der Waals surface area contributed by atoms with Gasteiger partial charge in [0.25, 0.3) is 11.4 Å². The Morgan fingerprint density at radius 2 is 1.04 bits per heavy atom. The number of benzene rings is 2. The lowest BCUT2D eigenvalue weighted by Gasteiger charge is -1.94. The van der Waals surface area contributed by atoms with E-state index in [2.05, 4.69) is 9.98 Å². The molecule has 0 heterocycles. The first-order valence-electron chi connectivity index (χ1n) is 7.05. The number of aliphatic imine (C=N–C) groups is 2. The van der Waals surface area contributed by atoms with Crippen LogP contribution >= 0.6 is 0 Å². The summed E-state index contributed by atoms with van der Waals surface area (Å²) in [4.78, 5) is 28.5. The molecular weight excluding hydrogens is 312 g/mol. The van der Waals surface area contributed by atoms with Gasteiger partial charge >= 0.3 is 0 Å². The van der Waals surface area contributed by atoms with Gasteiger partial charge in [0.2, 0.25) is 0 Å². The molecule has 0 saturated heterocycles. The predicted octanol–water partition coefficient (Wildman–Crippen LogP) is 3.04. The third-order valence-electron chi connectivity index (χ3n) is 3.05. The minimum absolute atomic E-state index is 0.0415. The summed E-state index contributed by atoms with van der Waals surface area (Å²) in [5.41, 5.74) is 1.64. The highest BCUT2D eigenvalue weighted by molar-refractivity contribution is 5.80. The van der Waals surface area contributed by atoms with E-state index in [0.717, 1.165) is 11.1 Å². The summed E-state index contributed by atoms with van der Waals surface area (Å²) >= 11 is 0. The van der Waals surface area contributed by atoms with Gasteiger partial charge in [0.1, 0.15) is 0 Å². The number of nitro benzene ring substituents is 2. The van der Waals surface area contributed by atoms with Crippen molar-refractivity contribution in [2.45, 2.75) is 0 Å². The molecule has 24 heavy (non-hydrogen) atoms. The van der Waals surface area contributed by atoms with Crippen molar-refractivity contribution < 1.29 is 9.85 Å². The molecule has 0 aliphatic carbocycles. The van der Waals surface area contributed by atoms with Crippen LogP contribution in [0.5, 0.6) is 0 Å². The smallest absolute Gasteiger partial charge is 0.269 e. The van der Waals surface area contributed by atoms with E-state index in [-0.39, 0.29) is 11.4 Å². The zero-order chi connectivity index (χ0) is 17.4. The van der Waals surface area contributed by atoms with Crippen LogP contribution in [0.2, 0.25) is 0 Å². The maximum absolute atomic E-state index is 10.5. The number of rotatable bonds is 7. The molecule has 2 aromatic rings. The number of hydrogen-bond acceptors (Lipinski definition) is 6. The maximum Gasteiger partial charge on any atom is 0.269 e. The van der Waals surface area contributed by atoms with E-state index < -0.39 is 9.85 Å². The molecule has 0 saturated carbocycles. The summed E-state index contributed by atoms with van der Waals surface area (Å²) in [6.45, 7) is 0.945. The Morgan fingerprint density at radius 3 is 1.33 bits per heavy atom. The first kappa shape index (κ1) is 16.9. The van der Waals surface area contributed by atoms with Gasteiger partial charge in [-0.1, -0.05) is 0 Å². The Hall–Kier alpha value is -3.42. The van der Waals surface area contributed by atoms with Gasteiger partial charge in [-0.3, -0.25) is 30.2 Å². The number of non-ortho nitro benzene ring substituents is 2. The fourth-order valence-electron chi connectivity index (χ4n) is 1.82. The number of hydrogen-bond donors (Lipinski definition) is 0. The van der Waals surface area contributed by atoms with Crippen molar-refractivity contribution >= 4 is 23.8 Å². The van der Waals surface area contributed by atoms with Gasteiger partial charge in [0, 0.05) is 36.7 Å². The lowest BCUT2D eigenvalue weighted by atomic mass is 10.2. The molecule has 0 amide bonds. The molecule has 8 nitrogen and oxygen atoms in total. The summed E-state index contributed by atoms with van der Waals surface area (Å²) in [7, 11) is 0. The van der Waals surface area contributed by atoms with Crippen molar-refractivity contribution in [2.24, 2.45) is 9.98 Å². The monoisotopic (exact) mass is 326 g/mol. The minimum atomic E-state index is -0.451. The second-order valence-electron chi connectivity index (χ2n) is 4.77. The summed E-state index contributed by atoms with van der Waals surface area (Å²) in [6, 6.07) is 12.2. The zero-order valence-electron chi connectivity index (χ0n) is 12.6. The van der Waals surface area contributed by atoms with Gasteiger partial charge in [-0.25, -0.2) is 0 Å². The van der Waals surface area contributed by atoms with Crippen molar-refractivity contribution in [1.82, 2.24) is 0 Å². The average Bonchev–Trinajstić information content (AvgIpc) is 2.58. The minimum Gasteiger partial charge on any atom is -0.291 e. The Morgan fingerprint density at radius 1 is 0.708 bits per heavy atom. The van der Waals surface area contributed by atoms with Gasteiger partial charge < -0.3 is 0 Å². The normalized spacial score (nSPS) is 11.2. The molecule has 2 rings (SSSR count). The lowest BCUT2D eigenvalue weighted by Crippen LogP contribution is -1.92. The van der Waals surface area contributed by atoms with E-state index in [1.807, 2.05) is 0 Å². The Labute approximate surface area is 137 Å². The van der Waals surface area contributed by atoms with E-state index in [0.29, 0.717) is 13.1 Å². The van der Waals surface area contributed by atoms with Crippen molar-refractivity contribution in [2.75, 3.05) is 13.1 Å². The topological polar surface area (TPSA) is 111 Å². The van der Waals surface area contributed by atoms with Crippen molar-refractivity contribution in [1.29, 1.82) is 0 Å². The standard InChI is InChI=1S/C16H14N4O4/c21-19(22)15-5-1-13(2-6-15)11-17-9-10-18-12-14-3-7-16(8-4-14)20(23)24/h1-8,11-12H,9-10H2/b17-11+,18-12+. The van der Waals surface area contributed by atoms with Crippen LogP contribution in [0.25, 0.3) is 0 Å². The average molecular weight is 326 g/mol. The van der Waals surface area contributed by atoms with Gasteiger partial charge in [-0.05, 0) is 35.4 Å². The van der Waals surface area contributed by atoms with Crippen LogP contribution < -0.4 is 0 Å². The van der Waals surface area contributed by atoms with Crippen LogP contribution in [0.3, 0.4) is 0 Å². The van der Waals surface area contributed by atoms with E-state index in [4.69, 9.17) is 0 Å². The number of nitro groups is 2. The maximum atomic E-state index is 10.5. The van der Waals surface area contributed by atoms with Gasteiger partial charge in [0.05, 0.1) is 22.9 Å². The second kappa shape index (κ2) is 8.28. The van der Waals surface area contributed by atoms with Crippen LogP contribution in [-0.4, -0.2) is 35.4 Å². The van der Waals surface area contributed by atoms with Crippen LogP contribution in [0.15, 0.2) is 58.5 Å². The van der Waals surface area contributed by atoms with Gasteiger partial charge in [-0.15, -0.1) is 0 Å². The molecule has 8 heteroatoms. The Balaban J connectivity index is 1.79. The summed E-state index contributed by atoms with van der Waals surface area (Å²) in [6.07, 6.45) is 3.26. The molecule has 2 aromatic carbocycles.